The summed E-state index contributed by atoms with van der Waals surface area (Å²) >= 11 is 0. The molecule has 0 bridgehead atoms. The van der Waals surface area contributed by atoms with Crippen molar-refractivity contribution in [1.29, 1.82) is 0 Å². The molecule has 0 aliphatic carbocycles. The fraction of sp³-hybridized carbons (Fsp3) is 0.750. The lowest BCUT2D eigenvalue weighted by Gasteiger charge is -2.26. The van der Waals surface area contributed by atoms with E-state index in [1.54, 1.807) is 0 Å². The fourth-order valence-corrected chi connectivity index (χ4v) is 0.754. The van der Waals surface area contributed by atoms with Crippen molar-refractivity contribution >= 4 is 11.8 Å². The summed E-state index contributed by atoms with van der Waals surface area (Å²) in [6.45, 7) is 3.88. The van der Waals surface area contributed by atoms with Gasteiger partial charge in [0.1, 0.15) is 6.61 Å². The Labute approximate surface area is 71.2 Å². The average molecular weight is 174 g/mol. The van der Waals surface area contributed by atoms with Gasteiger partial charge < -0.3 is 10.2 Å². The largest absolute Gasteiger partial charge is 0.481 e. The van der Waals surface area contributed by atoms with E-state index in [0.717, 1.165) is 0 Å². The number of hydrogen-bond acceptors (Lipinski definition) is 3. The summed E-state index contributed by atoms with van der Waals surface area (Å²) in [4.78, 5) is 21.6. The van der Waals surface area contributed by atoms with Crippen LogP contribution in [0.4, 0.5) is 0 Å². The van der Waals surface area contributed by atoms with Crippen molar-refractivity contribution in [3.63, 3.8) is 0 Å². The van der Waals surface area contributed by atoms with Crippen LogP contribution in [0.1, 0.15) is 20.8 Å². The van der Waals surface area contributed by atoms with Crippen LogP contribution < -0.4 is 0 Å². The molecule has 0 heterocycles. The monoisotopic (exact) mass is 174 g/mol. The van der Waals surface area contributed by atoms with E-state index < -0.39 is 29.7 Å². The van der Waals surface area contributed by atoms with E-state index in [1.807, 2.05) is 0 Å². The molecule has 0 aromatic rings. The normalized spacial score (nSPS) is 14.0. The molecule has 0 unspecified atom stereocenters. The Kier molecular flexibility index (Phi) is 3.39. The second-order valence-corrected chi connectivity index (χ2v) is 3.36. The molecule has 12 heavy (non-hydrogen) atoms. The van der Waals surface area contributed by atoms with Crippen molar-refractivity contribution in [1.82, 2.24) is 0 Å². The molecule has 0 rings (SSSR count). The SMILES string of the molecule is C[C@H](C(=O)O)C(C)(C)C(=O)CO. The van der Waals surface area contributed by atoms with E-state index in [0.29, 0.717) is 0 Å². The zero-order valence-corrected chi connectivity index (χ0v) is 7.50. The molecule has 0 spiro atoms. The quantitative estimate of drug-likeness (QED) is 0.642. The van der Waals surface area contributed by atoms with Gasteiger partial charge in [0, 0.05) is 5.41 Å². The summed E-state index contributed by atoms with van der Waals surface area (Å²) in [5.74, 6) is -2.25. The molecule has 0 aromatic heterocycles. The van der Waals surface area contributed by atoms with Crippen molar-refractivity contribution in [3.8, 4) is 0 Å². The number of hydrogen-bond donors (Lipinski definition) is 2. The minimum absolute atomic E-state index is 0.447. The third-order valence-electron chi connectivity index (χ3n) is 2.32. The Morgan fingerprint density at radius 1 is 1.42 bits per heavy atom. The number of aliphatic hydroxyl groups excluding tert-OH is 1. The molecule has 4 nitrogen and oxygen atoms in total. The lowest BCUT2D eigenvalue weighted by Crippen LogP contribution is -2.37. The van der Waals surface area contributed by atoms with Gasteiger partial charge in [0.05, 0.1) is 5.92 Å². The standard InChI is InChI=1S/C8H14O4/c1-5(7(11)12)8(2,3)6(10)4-9/h5,9H,4H2,1-3H3,(H,11,12)/t5-/m1/s1. The Bertz CT molecular complexity index is 195. The molecule has 70 valence electrons. The summed E-state index contributed by atoms with van der Waals surface area (Å²) in [5.41, 5.74) is -0.999. The highest BCUT2D eigenvalue weighted by molar-refractivity contribution is 5.89. The second kappa shape index (κ2) is 3.67. The second-order valence-electron chi connectivity index (χ2n) is 3.36. The highest BCUT2D eigenvalue weighted by atomic mass is 16.4. The molecular formula is C8H14O4. The van der Waals surface area contributed by atoms with E-state index in [1.165, 1.54) is 20.8 Å². The number of carbonyl (C=O) groups excluding carboxylic acids is 1. The highest BCUT2D eigenvalue weighted by Crippen LogP contribution is 2.27. The number of aliphatic hydroxyl groups is 1. The van der Waals surface area contributed by atoms with Crippen LogP contribution in [0.5, 0.6) is 0 Å². The topological polar surface area (TPSA) is 74.6 Å². The number of carbonyl (C=O) groups is 2. The van der Waals surface area contributed by atoms with Gasteiger partial charge in [0.15, 0.2) is 5.78 Å². The van der Waals surface area contributed by atoms with Crippen molar-refractivity contribution in [2.24, 2.45) is 11.3 Å². The first-order valence-electron chi connectivity index (χ1n) is 3.71. The minimum atomic E-state index is -1.03. The van der Waals surface area contributed by atoms with Gasteiger partial charge in [-0.2, -0.15) is 0 Å². The zero-order valence-electron chi connectivity index (χ0n) is 7.50. The Morgan fingerprint density at radius 3 is 2.08 bits per heavy atom. The van der Waals surface area contributed by atoms with E-state index in [4.69, 9.17) is 10.2 Å². The van der Waals surface area contributed by atoms with E-state index >= 15 is 0 Å². The summed E-state index contributed by atoms with van der Waals surface area (Å²) in [7, 11) is 0. The number of ketones is 1. The molecular weight excluding hydrogens is 160 g/mol. The molecule has 0 fully saturated rings. The Morgan fingerprint density at radius 2 is 1.83 bits per heavy atom. The smallest absolute Gasteiger partial charge is 0.307 e. The molecule has 1 atom stereocenters. The van der Waals surface area contributed by atoms with Gasteiger partial charge in [-0.1, -0.05) is 20.8 Å². The number of aliphatic carboxylic acids is 1. The maximum atomic E-state index is 11.1. The number of rotatable bonds is 4. The van der Waals surface area contributed by atoms with Gasteiger partial charge in [-0.05, 0) is 0 Å². The molecule has 0 saturated heterocycles. The first-order valence-corrected chi connectivity index (χ1v) is 3.71. The maximum Gasteiger partial charge on any atom is 0.307 e. The maximum absolute atomic E-state index is 11.1. The average Bonchev–Trinajstić information content (AvgIpc) is 2.01. The van der Waals surface area contributed by atoms with Crippen LogP contribution >= 0.6 is 0 Å². The predicted molar refractivity (Wildman–Crippen MR) is 42.7 cm³/mol. The highest BCUT2D eigenvalue weighted by Gasteiger charge is 2.37. The van der Waals surface area contributed by atoms with Crippen LogP contribution in [0.15, 0.2) is 0 Å². The van der Waals surface area contributed by atoms with Crippen molar-refractivity contribution in [2.75, 3.05) is 6.61 Å². The third-order valence-corrected chi connectivity index (χ3v) is 2.32. The predicted octanol–water partition coefficient (Wildman–Crippen LogP) is 0.295. The molecule has 0 aliphatic heterocycles. The molecule has 0 radical (unpaired) electrons. The lowest BCUT2D eigenvalue weighted by atomic mass is 9.76. The summed E-state index contributed by atoms with van der Waals surface area (Å²) < 4.78 is 0. The van der Waals surface area contributed by atoms with Crippen LogP contribution in [0, 0.1) is 11.3 Å². The lowest BCUT2D eigenvalue weighted by molar-refractivity contribution is -0.150. The first-order chi connectivity index (χ1) is 5.34. The summed E-state index contributed by atoms with van der Waals surface area (Å²) in [6.07, 6.45) is 0. The Hall–Kier alpha value is -0.900. The van der Waals surface area contributed by atoms with Gasteiger partial charge in [0.25, 0.3) is 0 Å². The van der Waals surface area contributed by atoms with Crippen LogP contribution in [0.3, 0.4) is 0 Å². The van der Waals surface area contributed by atoms with Crippen molar-refractivity contribution in [3.05, 3.63) is 0 Å². The van der Waals surface area contributed by atoms with E-state index in [2.05, 4.69) is 0 Å². The first kappa shape index (κ1) is 11.1. The molecule has 4 heteroatoms. The van der Waals surface area contributed by atoms with Crippen LogP contribution in [-0.4, -0.2) is 28.6 Å². The van der Waals surface area contributed by atoms with E-state index in [-0.39, 0.29) is 0 Å². The number of carboxylic acids is 1. The van der Waals surface area contributed by atoms with Gasteiger partial charge in [-0.15, -0.1) is 0 Å². The number of carboxylic acid groups (broad SMARTS) is 1. The summed E-state index contributed by atoms with van der Waals surface area (Å²) in [6, 6.07) is 0. The van der Waals surface area contributed by atoms with Crippen molar-refractivity contribution < 1.29 is 19.8 Å². The van der Waals surface area contributed by atoms with Crippen LogP contribution in [0.25, 0.3) is 0 Å². The zero-order chi connectivity index (χ0) is 9.94. The van der Waals surface area contributed by atoms with Crippen molar-refractivity contribution in [2.45, 2.75) is 20.8 Å². The van der Waals surface area contributed by atoms with Gasteiger partial charge in [-0.3, -0.25) is 9.59 Å². The van der Waals surface area contributed by atoms with Crippen LogP contribution in [0.2, 0.25) is 0 Å². The number of Topliss-reactive ketones (excluding diaryl/α,β-unsaturated/α-hetero) is 1. The third kappa shape index (κ3) is 2.04. The Balaban J connectivity index is 4.60. The summed E-state index contributed by atoms with van der Waals surface area (Å²) in [5, 5.41) is 17.2. The van der Waals surface area contributed by atoms with E-state index in [9.17, 15) is 9.59 Å². The molecule has 2 N–H and O–H groups in total. The molecule has 0 saturated carbocycles. The van der Waals surface area contributed by atoms with Crippen LogP contribution in [-0.2, 0) is 9.59 Å². The minimum Gasteiger partial charge on any atom is -0.481 e. The van der Waals surface area contributed by atoms with Gasteiger partial charge >= 0.3 is 5.97 Å². The fourth-order valence-electron chi connectivity index (χ4n) is 0.754. The molecule has 0 aromatic carbocycles. The van der Waals surface area contributed by atoms with Gasteiger partial charge in [0.2, 0.25) is 0 Å². The van der Waals surface area contributed by atoms with Gasteiger partial charge in [-0.25, -0.2) is 0 Å². The molecule has 0 aliphatic rings. The molecule has 0 amide bonds.